The van der Waals surface area contributed by atoms with Crippen LogP contribution in [-0.4, -0.2) is 29.3 Å². The van der Waals surface area contributed by atoms with Gasteiger partial charge in [0.05, 0.1) is 29.8 Å². The van der Waals surface area contributed by atoms with E-state index in [1.165, 1.54) is 12.4 Å². The maximum Gasteiger partial charge on any atom is 0.435 e. The summed E-state index contributed by atoms with van der Waals surface area (Å²) < 4.78 is 47.1. The fraction of sp³-hybridized carbons (Fsp3) is 0.0714. The Morgan fingerprint density at radius 3 is 2.76 bits per heavy atom. The van der Waals surface area contributed by atoms with E-state index in [1.54, 1.807) is 18.2 Å². The molecule has 0 radical (unpaired) electrons. The Balaban J connectivity index is 1.62. The van der Waals surface area contributed by atoms with Crippen molar-refractivity contribution in [1.29, 1.82) is 0 Å². The smallest absolute Gasteiger partial charge is 0.319 e. The van der Waals surface area contributed by atoms with Crippen LogP contribution in [0.3, 0.4) is 0 Å². The van der Waals surface area contributed by atoms with Crippen molar-refractivity contribution in [2.24, 2.45) is 0 Å². The van der Waals surface area contributed by atoms with E-state index in [9.17, 15) is 18.0 Å². The molecule has 0 bridgehead atoms. The standard InChI is InChI=1S/C14H7F3N6OS/c15-14(16,17)11-4-12-18-5-8(6-23(12)20-11)19-13(24)7-1-2-9-10(3-7)22-25-21-9/h1-6H,(H,19,24). The van der Waals surface area contributed by atoms with E-state index >= 15 is 0 Å². The number of rotatable bonds is 2. The van der Waals surface area contributed by atoms with E-state index < -0.39 is 17.8 Å². The Labute approximate surface area is 141 Å². The number of alkyl halides is 3. The molecule has 4 aromatic rings. The lowest BCUT2D eigenvalue weighted by atomic mass is 10.2. The summed E-state index contributed by atoms with van der Waals surface area (Å²) in [6, 6.07) is 5.66. The van der Waals surface area contributed by atoms with Crippen LogP contribution >= 0.6 is 11.7 Å². The van der Waals surface area contributed by atoms with Gasteiger partial charge in [0.25, 0.3) is 5.91 Å². The Kier molecular flexibility index (Phi) is 3.39. The van der Waals surface area contributed by atoms with Gasteiger partial charge in [-0.05, 0) is 18.2 Å². The highest BCUT2D eigenvalue weighted by molar-refractivity contribution is 7.00. The third-order valence-electron chi connectivity index (χ3n) is 3.38. The SMILES string of the molecule is O=C(Nc1cnc2cc(C(F)(F)F)nn2c1)c1ccc2nsnc2c1. The van der Waals surface area contributed by atoms with Crippen molar-refractivity contribution in [3.8, 4) is 0 Å². The van der Waals surface area contributed by atoms with Crippen molar-refractivity contribution in [3.63, 3.8) is 0 Å². The lowest BCUT2D eigenvalue weighted by molar-refractivity contribution is -0.141. The highest BCUT2D eigenvalue weighted by Crippen LogP contribution is 2.28. The van der Waals surface area contributed by atoms with Crippen LogP contribution in [0.15, 0.2) is 36.7 Å². The van der Waals surface area contributed by atoms with Crippen LogP contribution in [0.25, 0.3) is 16.7 Å². The summed E-state index contributed by atoms with van der Waals surface area (Å²) in [7, 11) is 0. The van der Waals surface area contributed by atoms with Gasteiger partial charge in [-0.15, -0.1) is 0 Å². The van der Waals surface area contributed by atoms with Gasteiger partial charge in [0, 0.05) is 11.6 Å². The number of nitrogens with zero attached hydrogens (tertiary/aromatic N) is 5. The minimum Gasteiger partial charge on any atom is -0.319 e. The molecule has 11 heteroatoms. The number of anilines is 1. The van der Waals surface area contributed by atoms with Gasteiger partial charge in [0.1, 0.15) is 11.0 Å². The normalized spacial score (nSPS) is 12.0. The van der Waals surface area contributed by atoms with Crippen LogP contribution in [-0.2, 0) is 6.18 Å². The van der Waals surface area contributed by atoms with Crippen molar-refractivity contribution >= 4 is 40.0 Å². The van der Waals surface area contributed by atoms with E-state index in [0.717, 1.165) is 22.3 Å². The van der Waals surface area contributed by atoms with Crippen molar-refractivity contribution in [2.75, 3.05) is 5.32 Å². The first-order valence-corrected chi connectivity index (χ1v) is 7.59. The summed E-state index contributed by atoms with van der Waals surface area (Å²) in [5, 5.41) is 5.99. The molecule has 1 N–H and O–H groups in total. The number of nitrogens with one attached hydrogen (secondary N) is 1. The number of hydrogen-bond acceptors (Lipinski definition) is 6. The Bertz CT molecular complexity index is 1100. The number of benzene rings is 1. The van der Waals surface area contributed by atoms with E-state index in [0.29, 0.717) is 16.6 Å². The largest absolute Gasteiger partial charge is 0.435 e. The topological polar surface area (TPSA) is 85.1 Å². The van der Waals surface area contributed by atoms with Gasteiger partial charge >= 0.3 is 6.18 Å². The zero-order valence-electron chi connectivity index (χ0n) is 12.2. The Morgan fingerprint density at radius 1 is 1.16 bits per heavy atom. The van der Waals surface area contributed by atoms with Crippen molar-refractivity contribution in [3.05, 3.63) is 47.9 Å². The van der Waals surface area contributed by atoms with Crippen LogP contribution in [0.5, 0.6) is 0 Å². The van der Waals surface area contributed by atoms with Gasteiger partial charge in [-0.3, -0.25) is 4.79 Å². The number of halogens is 3. The van der Waals surface area contributed by atoms with Crippen LogP contribution < -0.4 is 5.32 Å². The first kappa shape index (κ1) is 15.4. The van der Waals surface area contributed by atoms with E-state index in [2.05, 4.69) is 24.1 Å². The highest BCUT2D eigenvalue weighted by atomic mass is 32.1. The Hall–Kier alpha value is -3.08. The molecule has 0 atom stereocenters. The first-order valence-electron chi connectivity index (χ1n) is 6.86. The van der Waals surface area contributed by atoms with Crippen molar-refractivity contribution < 1.29 is 18.0 Å². The average Bonchev–Trinajstić information content (AvgIpc) is 3.19. The number of hydrogen-bond donors (Lipinski definition) is 1. The van der Waals surface area contributed by atoms with Crippen molar-refractivity contribution in [2.45, 2.75) is 6.18 Å². The molecule has 0 unspecified atom stereocenters. The molecule has 0 fully saturated rings. The molecule has 4 rings (SSSR count). The molecule has 7 nitrogen and oxygen atoms in total. The second-order valence-corrected chi connectivity index (χ2v) is 5.62. The minimum absolute atomic E-state index is 0.0280. The van der Waals surface area contributed by atoms with Gasteiger partial charge in [0.2, 0.25) is 0 Å². The molecule has 0 aliphatic carbocycles. The number of carbonyl (C=O) groups is 1. The van der Waals surface area contributed by atoms with Gasteiger partial charge in [-0.1, -0.05) is 0 Å². The second kappa shape index (κ2) is 5.48. The molecule has 0 aliphatic rings. The number of carbonyl (C=O) groups excluding carboxylic acids is 1. The molecule has 1 amide bonds. The van der Waals surface area contributed by atoms with E-state index in [4.69, 9.17) is 0 Å². The number of aromatic nitrogens is 5. The lowest BCUT2D eigenvalue weighted by Crippen LogP contribution is -2.12. The molecule has 3 aromatic heterocycles. The monoisotopic (exact) mass is 364 g/mol. The molecule has 0 saturated carbocycles. The summed E-state index contributed by atoms with van der Waals surface area (Å²) in [6.45, 7) is 0. The zero-order chi connectivity index (χ0) is 17.6. The predicted molar refractivity (Wildman–Crippen MR) is 83.4 cm³/mol. The van der Waals surface area contributed by atoms with Crippen molar-refractivity contribution in [1.82, 2.24) is 23.3 Å². The third-order valence-corrected chi connectivity index (χ3v) is 3.93. The Morgan fingerprint density at radius 2 is 1.96 bits per heavy atom. The van der Waals surface area contributed by atoms with Gasteiger partial charge in [-0.2, -0.15) is 27.0 Å². The van der Waals surface area contributed by atoms with Gasteiger partial charge in [-0.25, -0.2) is 9.50 Å². The quantitative estimate of drug-likeness (QED) is 0.591. The number of amides is 1. The third kappa shape index (κ3) is 2.89. The molecule has 126 valence electrons. The van der Waals surface area contributed by atoms with Crippen LogP contribution in [0.4, 0.5) is 18.9 Å². The van der Waals surface area contributed by atoms with Crippen LogP contribution in [0.1, 0.15) is 16.1 Å². The minimum atomic E-state index is -4.56. The summed E-state index contributed by atoms with van der Waals surface area (Å²) in [4.78, 5) is 16.2. The molecule has 0 saturated heterocycles. The number of fused-ring (bicyclic) bond motifs is 2. The predicted octanol–water partition coefficient (Wildman–Crippen LogP) is 3.01. The molecule has 1 aromatic carbocycles. The summed E-state index contributed by atoms with van der Waals surface area (Å²) >= 11 is 1.04. The summed E-state index contributed by atoms with van der Waals surface area (Å²) in [6.07, 6.45) is -2.04. The van der Waals surface area contributed by atoms with Crippen LogP contribution in [0, 0.1) is 0 Å². The van der Waals surface area contributed by atoms with E-state index in [-0.39, 0.29) is 11.3 Å². The average molecular weight is 364 g/mol. The lowest BCUT2D eigenvalue weighted by Gasteiger charge is -2.05. The summed E-state index contributed by atoms with van der Waals surface area (Å²) in [5.41, 5.74) is 0.807. The molecule has 0 spiro atoms. The highest BCUT2D eigenvalue weighted by Gasteiger charge is 2.34. The van der Waals surface area contributed by atoms with Crippen LogP contribution in [0.2, 0.25) is 0 Å². The maximum atomic E-state index is 12.7. The molecule has 25 heavy (non-hydrogen) atoms. The summed E-state index contributed by atoms with van der Waals surface area (Å²) in [5.74, 6) is -0.445. The molecular weight excluding hydrogens is 357 g/mol. The molecule has 3 heterocycles. The van der Waals surface area contributed by atoms with Gasteiger partial charge in [0.15, 0.2) is 11.3 Å². The van der Waals surface area contributed by atoms with E-state index in [1.807, 2.05) is 0 Å². The first-order chi connectivity index (χ1) is 11.9. The second-order valence-electron chi connectivity index (χ2n) is 5.09. The maximum absolute atomic E-state index is 12.7. The fourth-order valence-electron chi connectivity index (χ4n) is 2.21. The van der Waals surface area contributed by atoms with Gasteiger partial charge < -0.3 is 5.32 Å². The zero-order valence-corrected chi connectivity index (χ0v) is 13.0. The molecular formula is C14H7F3N6OS. The fourth-order valence-corrected chi connectivity index (χ4v) is 2.72. The molecule has 0 aliphatic heterocycles.